The van der Waals surface area contributed by atoms with E-state index in [1.807, 2.05) is 37.3 Å². The first kappa shape index (κ1) is 14.5. The Labute approximate surface area is 137 Å². The number of benzene rings is 2. The number of nitrogens with zero attached hydrogens (tertiary/aromatic N) is 2. The third-order valence-electron chi connectivity index (χ3n) is 5.17. The maximum atomic E-state index is 13.2. The van der Waals surface area contributed by atoms with Gasteiger partial charge in [-0.2, -0.15) is 0 Å². The standard InChI is InChI=1S/C20H22N2O/c1-15-8-5-6-12-18(15)20(23)22-14-17-11-7-13-21(17)19(22)16-9-3-2-4-10-16/h2-6,8-10,12,17,19H,7,11,13-14H2,1H3. The number of rotatable bonds is 2. The number of hydrogen-bond donors (Lipinski definition) is 0. The quantitative estimate of drug-likeness (QED) is 0.846. The van der Waals surface area contributed by atoms with Crippen LogP contribution in [0.15, 0.2) is 54.6 Å². The average molecular weight is 306 g/mol. The Bertz CT molecular complexity index is 713. The number of aryl methyl sites for hydroxylation is 1. The lowest BCUT2D eigenvalue weighted by molar-refractivity contribution is 0.0638. The van der Waals surface area contributed by atoms with Gasteiger partial charge >= 0.3 is 0 Å². The summed E-state index contributed by atoms with van der Waals surface area (Å²) in [6.07, 6.45) is 2.51. The highest BCUT2D eigenvalue weighted by atomic mass is 16.2. The monoisotopic (exact) mass is 306 g/mol. The highest BCUT2D eigenvalue weighted by molar-refractivity contribution is 5.96. The predicted molar refractivity (Wildman–Crippen MR) is 91.1 cm³/mol. The smallest absolute Gasteiger partial charge is 0.255 e. The molecule has 0 aromatic heterocycles. The SMILES string of the molecule is Cc1ccccc1C(=O)N1CC2CCCN2C1c1ccccc1. The van der Waals surface area contributed by atoms with E-state index in [0.29, 0.717) is 6.04 Å². The van der Waals surface area contributed by atoms with Gasteiger partial charge in [-0.05, 0) is 37.0 Å². The van der Waals surface area contributed by atoms with Crippen LogP contribution in [0.4, 0.5) is 0 Å². The number of amides is 1. The van der Waals surface area contributed by atoms with Crippen molar-refractivity contribution in [2.45, 2.75) is 32.0 Å². The van der Waals surface area contributed by atoms with Gasteiger partial charge in [0.05, 0.1) is 0 Å². The minimum Gasteiger partial charge on any atom is -0.317 e. The first-order valence-corrected chi connectivity index (χ1v) is 8.43. The molecule has 2 fully saturated rings. The maximum Gasteiger partial charge on any atom is 0.255 e. The lowest BCUT2D eigenvalue weighted by Crippen LogP contribution is -2.35. The van der Waals surface area contributed by atoms with E-state index in [-0.39, 0.29) is 12.1 Å². The minimum absolute atomic E-state index is 0.0795. The molecule has 2 aromatic rings. The molecule has 2 aliphatic rings. The van der Waals surface area contributed by atoms with Crippen molar-refractivity contribution in [3.05, 3.63) is 71.3 Å². The van der Waals surface area contributed by atoms with Crippen molar-refractivity contribution in [3.8, 4) is 0 Å². The van der Waals surface area contributed by atoms with Crippen LogP contribution < -0.4 is 0 Å². The van der Waals surface area contributed by atoms with Gasteiger partial charge in [-0.15, -0.1) is 0 Å². The van der Waals surface area contributed by atoms with Crippen LogP contribution in [0, 0.1) is 6.92 Å². The van der Waals surface area contributed by atoms with E-state index in [1.165, 1.54) is 18.4 Å². The van der Waals surface area contributed by atoms with Crippen molar-refractivity contribution in [2.75, 3.05) is 13.1 Å². The molecule has 118 valence electrons. The largest absolute Gasteiger partial charge is 0.317 e. The Morgan fingerprint density at radius 2 is 1.78 bits per heavy atom. The zero-order chi connectivity index (χ0) is 15.8. The molecule has 1 amide bonds. The molecular weight excluding hydrogens is 284 g/mol. The Kier molecular flexibility index (Phi) is 3.66. The molecule has 23 heavy (non-hydrogen) atoms. The van der Waals surface area contributed by atoms with Crippen LogP contribution in [0.2, 0.25) is 0 Å². The van der Waals surface area contributed by atoms with E-state index in [0.717, 1.165) is 24.2 Å². The van der Waals surface area contributed by atoms with Gasteiger partial charge in [-0.1, -0.05) is 48.5 Å². The Morgan fingerprint density at radius 3 is 2.57 bits per heavy atom. The van der Waals surface area contributed by atoms with Crippen LogP contribution in [0.5, 0.6) is 0 Å². The van der Waals surface area contributed by atoms with Gasteiger partial charge in [0, 0.05) is 24.7 Å². The first-order chi connectivity index (χ1) is 11.3. The maximum absolute atomic E-state index is 13.2. The van der Waals surface area contributed by atoms with Crippen LogP contribution in [0.1, 0.15) is 40.5 Å². The van der Waals surface area contributed by atoms with Gasteiger partial charge in [0.25, 0.3) is 5.91 Å². The zero-order valence-electron chi connectivity index (χ0n) is 13.5. The summed E-state index contributed by atoms with van der Waals surface area (Å²) < 4.78 is 0. The van der Waals surface area contributed by atoms with Gasteiger partial charge in [0.2, 0.25) is 0 Å². The molecule has 2 aliphatic heterocycles. The minimum atomic E-state index is 0.0795. The van der Waals surface area contributed by atoms with Crippen LogP contribution >= 0.6 is 0 Å². The van der Waals surface area contributed by atoms with Crippen molar-refractivity contribution in [1.29, 1.82) is 0 Å². The highest BCUT2D eigenvalue weighted by Crippen LogP contribution is 2.39. The number of hydrogen-bond acceptors (Lipinski definition) is 2. The summed E-state index contributed by atoms with van der Waals surface area (Å²) in [5.41, 5.74) is 3.10. The number of carbonyl (C=O) groups is 1. The third-order valence-corrected chi connectivity index (χ3v) is 5.17. The second kappa shape index (κ2) is 5.82. The van der Waals surface area contributed by atoms with Gasteiger partial charge in [0.1, 0.15) is 6.17 Å². The number of fused-ring (bicyclic) bond motifs is 1. The first-order valence-electron chi connectivity index (χ1n) is 8.43. The van der Waals surface area contributed by atoms with E-state index in [9.17, 15) is 4.79 Å². The van der Waals surface area contributed by atoms with Crippen molar-refractivity contribution in [3.63, 3.8) is 0 Å². The molecule has 0 N–H and O–H groups in total. The molecule has 2 unspecified atom stereocenters. The lowest BCUT2D eigenvalue weighted by Gasteiger charge is -2.30. The van der Waals surface area contributed by atoms with Gasteiger partial charge < -0.3 is 4.90 Å². The molecule has 0 radical (unpaired) electrons. The summed E-state index contributed by atoms with van der Waals surface area (Å²) in [5.74, 6) is 0.159. The van der Waals surface area contributed by atoms with Gasteiger partial charge in [-0.3, -0.25) is 9.69 Å². The van der Waals surface area contributed by atoms with E-state index in [2.05, 4.69) is 34.1 Å². The fourth-order valence-electron chi connectivity index (χ4n) is 4.04. The molecule has 3 heteroatoms. The van der Waals surface area contributed by atoms with Crippen molar-refractivity contribution in [1.82, 2.24) is 9.80 Å². The molecule has 2 heterocycles. The van der Waals surface area contributed by atoms with Crippen molar-refractivity contribution in [2.24, 2.45) is 0 Å². The zero-order valence-corrected chi connectivity index (χ0v) is 13.5. The lowest BCUT2D eigenvalue weighted by atomic mass is 10.1. The van der Waals surface area contributed by atoms with Crippen LogP contribution in [0.3, 0.4) is 0 Å². The second-order valence-electron chi connectivity index (χ2n) is 6.59. The molecular formula is C20H22N2O. The van der Waals surface area contributed by atoms with E-state index in [4.69, 9.17) is 0 Å². The topological polar surface area (TPSA) is 23.6 Å². The summed E-state index contributed by atoms with van der Waals surface area (Å²) in [7, 11) is 0. The second-order valence-corrected chi connectivity index (χ2v) is 6.59. The molecule has 0 bridgehead atoms. The molecule has 2 saturated heterocycles. The molecule has 0 aliphatic carbocycles. The van der Waals surface area contributed by atoms with Crippen LogP contribution in [0.25, 0.3) is 0 Å². The molecule has 0 saturated carbocycles. The molecule has 2 aromatic carbocycles. The summed E-state index contributed by atoms with van der Waals surface area (Å²) in [6.45, 7) is 3.94. The normalized spacial score (nSPS) is 24.0. The van der Waals surface area contributed by atoms with Crippen LogP contribution in [-0.2, 0) is 0 Å². The highest BCUT2D eigenvalue weighted by Gasteiger charge is 2.44. The Morgan fingerprint density at radius 1 is 1.04 bits per heavy atom. The summed E-state index contributed by atoms with van der Waals surface area (Å²) >= 11 is 0. The molecule has 2 atom stereocenters. The summed E-state index contributed by atoms with van der Waals surface area (Å²) in [4.78, 5) is 17.8. The van der Waals surface area contributed by atoms with Crippen molar-refractivity contribution >= 4 is 5.91 Å². The summed E-state index contributed by atoms with van der Waals surface area (Å²) in [5, 5.41) is 0. The molecule has 0 spiro atoms. The fraction of sp³-hybridized carbons (Fsp3) is 0.350. The van der Waals surface area contributed by atoms with Crippen molar-refractivity contribution < 1.29 is 4.79 Å². The fourth-order valence-corrected chi connectivity index (χ4v) is 4.04. The van der Waals surface area contributed by atoms with E-state index in [1.54, 1.807) is 0 Å². The molecule has 3 nitrogen and oxygen atoms in total. The summed E-state index contributed by atoms with van der Waals surface area (Å²) in [6, 6.07) is 18.9. The van der Waals surface area contributed by atoms with Gasteiger partial charge in [-0.25, -0.2) is 0 Å². The van der Waals surface area contributed by atoms with Crippen LogP contribution in [-0.4, -0.2) is 34.8 Å². The predicted octanol–water partition coefficient (Wildman–Crippen LogP) is 3.61. The Balaban J connectivity index is 1.72. The average Bonchev–Trinajstić information content (AvgIpc) is 3.16. The van der Waals surface area contributed by atoms with Gasteiger partial charge in [0.15, 0.2) is 0 Å². The molecule has 4 rings (SSSR count). The van der Waals surface area contributed by atoms with E-state index < -0.39 is 0 Å². The number of carbonyl (C=O) groups excluding carboxylic acids is 1. The third kappa shape index (κ3) is 2.45. The Hall–Kier alpha value is -2.13. The van der Waals surface area contributed by atoms with E-state index >= 15 is 0 Å².